The maximum absolute atomic E-state index is 9.48. The molecule has 0 atom stereocenters. The first kappa shape index (κ1) is 21.1. The summed E-state index contributed by atoms with van der Waals surface area (Å²) in [5, 5.41) is 13.8. The van der Waals surface area contributed by atoms with Crippen molar-refractivity contribution in [3.8, 4) is 23.2 Å². The van der Waals surface area contributed by atoms with Crippen LogP contribution in [0.4, 0.5) is 5.82 Å². The molecule has 4 rings (SSSR count). The summed E-state index contributed by atoms with van der Waals surface area (Å²) >= 11 is 0. The Morgan fingerprint density at radius 2 is 2.06 bits per heavy atom. The van der Waals surface area contributed by atoms with E-state index in [1.54, 1.807) is 23.1 Å². The van der Waals surface area contributed by atoms with Crippen molar-refractivity contribution in [1.82, 2.24) is 19.6 Å². The molecular weight excluding hydrogens is 410 g/mol. The molecule has 4 heterocycles. The van der Waals surface area contributed by atoms with E-state index in [0.717, 1.165) is 37.3 Å². The maximum Gasteiger partial charge on any atom is 0.232 e. The third-order valence-electron chi connectivity index (χ3n) is 5.13. The molecular formula is C22H27N7OS. The SMILES string of the molecule is C=S(C)(C)=NC1CCN(c2ccc(-c3nc(OCC)cn4ncc(C#N)c34)cn2)CC1. The van der Waals surface area contributed by atoms with E-state index in [4.69, 9.17) is 14.1 Å². The van der Waals surface area contributed by atoms with Gasteiger partial charge in [-0.2, -0.15) is 10.4 Å². The van der Waals surface area contributed by atoms with E-state index in [2.05, 4.69) is 39.4 Å². The zero-order valence-electron chi connectivity index (χ0n) is 18.2. The Morgan fingerprint density at radius 3 is 2.68 bits per heavy atom. The Balaban J connectivity index is 1.60. The van der Waals surface area contributed by atoms with E-state index >= 15 is 0 Å². The molecule has 1 saturated heterocycles. The summed E-state index contributed by atoms with van der Waals surface area (Å²) < 4.78 is 12.1. The van der Waals surface area contributed by atoms with Gasteiger partial charge in [-0.25, -0.2) is 14.5 Å². The number of fused-ring (bicyclic) bond motifs is 1. The number of ether oxygens (including phenoxy) is 1. The molecule has 8 nitrogen and oxygen atoms in total. The van der Waals surface area contributed by atoms with Crippen molar-refractivity contribution in [2.75, 3.05) is 37.1 Å². The van der Waals surface area contributed by atoms with Crippen LogP contribution in [0.2, 0.25) is 0 Å². The number of hydrogen-bond acceptors (Lipinski definition) is 7. The molecule has 1 aliphatic rings. The highest BCUT2D eigenvalue weighted by Gasteiger charge is 2.20. The van der Waals surface area contributed by atoms with Crippen LogP contribution in [0.1, 0.15) is 25.3 Å². The lowest BCUT2D eigenvalue weighted by atomic mass is 10.1. The summed E-state index contributed by atoms with van der Waals surface area (Å²) in [7, 11) is -1.08. The monoisotopic (exact) mass is 437 g/mol. The Labute approximate surface area is 183 Å². The van der Waals surface area contributed by atoms with Crippen LogP contribution in [0.3, 0.4) is 0 Å². The van der Waals surface area contributed by atoms with Crippen molar-refractivity contribution in [2.45, 2.75) is 25.8 Å². The number of aromatic nitrogens is 4. The second-order valence-electron chi connectivity index (χ2n) is 8.03. The standard InChI is InChI=1S/C22H27N7OS/c1-5-30-20-15-29-22(17(12-23)14-25-29)21(26-20)16-6-7-19(24-13-16)28-10-8-18(9-11-28)27-31(2,3)4/h6-7,13-15,18H,2,5,8-11H2,1,3-4H3. The predicted molar refractivity (Wildman–Crippen MR) is 126 cm³/mol. The van der Waals surface area contributed by atoms with Gasteiger partial charge in [-0.1, -0.05) is 5.87 Å². The van der Waals surface area contributed by atoms with Gasteiger partial charge in [-0.05, 0) is 44.4 Å². The highest BCUT2D eigenvalue weighted by atomic mass is 32.2. The molecule has 3 aromatic heterocycles. The van der Waals surface area contributed by atoms with Crippen LogP contribution in [0, 0.1) is 11.3 Å². The summed E-state index contributed by atoms with van der Waals surface area (Å²) in [6.07, 6.45) is 11.3. The fourth-order valence-electron chi connectivity index (χ4n) is 3.81. The number of hydrogen-bond donors (Lipinski definition) is 0. The van der Waals surface area contributed by atoms with Crippen LogP contribution in [-0.4, -0.2) is 63.7 Å². The first-order valence-corrected chi connectivity index (χ1v) is 12.9. The molecule has 0 N–H and O–H groups in total. The summed E-state index contributed by atoms with van der Waals surface area (Å²) in [5.74, 6) is 5.58. The van der Waals surface area contributed by atoms with Gasteiger partial charge in [-0.15, -0.1) is 9.41 Å². The van der Waals surface area contributed by atoms with Crippen LogP contribution < -0.4 is 9.64 Å². The number of nitriles is 1. The number of nitrogens with zero attached hydrogens (tertiary/aromatic N) is 7. The van der Waals surface area contributed by atoms with E-state index in [1.165, 1.54) is 0 Å². The fraction of sp³-hybridized carbons (Fsp3) is 0.409. The third kappa shape index (κ3) is 4.64. The van der Waals surface area contributed by atoms with Crippen LogP contribution in [0.5, 0.6) is 5.88 Å². The molecule has 162 valence electrons. The molecule has 3 aromatic rings. The minimum absolute atomic E-state index is 0.392. The lowest BCUT2D eigenvalue weighted by Gasteiger charge is -2.31. The highest BCUT2D eigenvalue weighted by Crippen LogP contribution is 2.29. The van der Waals surface area contributed by atoms with Gasteiger partial charge < -0.3 is 9.64 Å². The highest BCUT2D eigenvalue weighted by molar-refractivity contribution is 8.01. The Kier molecular flexibility index (Phi) is 5.83. The zero-order valence-corrected chi connectivity index (χ0v) is 19.0. The Hall–Kier alpha value is -3.12. The molecule has 1 aliphatic heterocycles. The molecule has 0 bridgehead atoms. The van der Waals surface area contributed by atoms with Gasteiger partial charge in [0.2, 0.25) is 5.88 Å². The normalized spacial score (nSPS) is 15.1. The van der Waals surface area contributed by atoms with E-state index < -0.39 is 9.41 Å². The van der Waals surface area contributed by atoms with E-state index in [-0.39, 0.29) is 0 Å². The summed E-state index contributed by atoms with van der Waals surface area (Å²) in [4.78, 5) is 11.6. The Morgan fingerprint density at radius 1 is 1.29 bits per heavy atom. The van der Waals surface area contributed by atoms with Crippen molar-refractivity contribution in [3.63, 3.8) is 0 Å². The maximum atomic E-state index is 9.48. The van der Waals surface area contributed by atoms with Gasteiger partial charge >= 0.3 is 0 Å². The number of piperidine rings is 1. The second-order valence-corrected chi connectivity index (χ2v) is 11.2. The zero-order chi connectivity index (χ0) is 22.0. The van der Waals surface area contributed by atoms with Gasteiger partial charge in [0.1, 0.15) is 28.7 Å². The van der Waals surface area contributed by atoms with Gasteiger partial charge in [0.05, 0.1) is 25.0 Å². The quantitative estimate of drug-likeness (QED) is 0.570. The van der Waals surface area contributed by atoms with Gasteiger partial charge in [0, 0.05) is 24.8 Å². The molecule has 1 fully saturated rings. The first-order chi connectivity index (χ1) is 14.9. The van der Waals surface area contributed by atoms with Crippen molar-refractivity contribution in [2.24, 2.45) is 4.36 Å². The summed E-state index contributed by atoms with van der Waals surface area (Å²) in [6.45, 7) is 4.26. The lowest BCUT2D eigenvalue weighted by molar-refractivity contribution is 0.325. The number of pyridine rings is 1. The largest absolute Gasteiger partial charge is 0.477 e. The lowest BCUT2D eigenvalue weighted by Crippen LogP contribution is -2.36. The molecule has 9 heteroatoms. The van der Waals surface area contributed by atoms with Crippen LogP contribution in [0.25, 0.3) is 16.8 Å². The minimum atomic E-state index is -1.08. The number of rotatable bonds is 5. The average molecular weight is 438 g/mol. The average Bonchev–Trinajstić information content (AvgIpc) is 3.16. The van der Waals surface area contributed by atoms with Crippen molar-refractivity contribution in [1.29, 1.82) is 5.26 Å². The van der Waals surface area contributed by atoms with Crippen molar-refractivity contribution < 1.29 is 4.74 Å². The molecule has 0 saturated carbocycles. The van der Waals surface area contributed by atoms with E-state index in [9.17, 15) is 5.26 Å². The van der Waals surface area contributed by atoms with Gasteiger partial charge in [0.25, 0.3) is 0 Å². The molecule has 0 amide bonds. The summed E-state index contributed by atoms with van der Waals surface area (Å²) in [5.41, 5.74) is 2.58. The summed E-state index contributed by atoms with van der Waals surface area (Å²) in [6, 6.07) is 6.59. The molecule has 0 radical (unpaired) electrons. The van der Waals surface area contributed by atoms with E-state index in [1.807, 2.05) is 19.1 Å². The number of anilines is 1. The van der Waals surface area contributed by atoms with Crippen LogP contribution >= 0.6 is 0 Å². The molecule has 0 spiro atoms. The third-order valence-corrected chi connectivity index (χ3v) is 6.00. The second kappa shape index (κ2) is 8.55. The molecule has 0 aliphatic carbocycles. The predicted octanol–water partition coefficient (Wildman–Crippen LogP) is 3.06. The van der Waals surface area contributed by atoms with E-state index in [0.29, 0.717) is 35.3 Å². The van der Waals surface area contributed by atoms with Crippen LogP contribution in [-0.2, 0) is 9.41 Å². The van der Waals surface area contributed by atoms with Crippen LogP contribution in [0.15, 0.2) is 35.1 Å². The van der Waals surface area contributed by atoms with Crippen molar-refractivity contribution >= 4 is 26.6 Å². The Bertz CT molecular complexity index is 1230. The molecule has 31 heavy (non-hydrogen) atoms. The molecule has 0 unspecified atom stereocenters. The van der Waals surface area contributed by atoms with Gasteiger partial charge in [0.15, 0.2) is 0 Å². The molecule has 0 aromatic carbocycles. The fourth-order valence-corrected chi connectivity index (χ4v) is 4.83. The van der Waals surface area contributed by atoms with Gasteiger partial charge in [-0.3, -0.25) is 4.36 Å². The minimum Gasteiger partial charge on any atom is -0.477 e. The topological polar surface area (TPSA) is 91.7 Å². The first-order valence-electron chi connectivity index (χ1n) is 10.3. The smallest absolute Gasteiger partial charge is 0.232 e. The van der Waals surface area contributed by atoms with Crippen molar-refractivity contribution in [3.05, 3.63) is 36.3 Å².